The van der Waals surface area contributed by atoms with Crippen LogP contribution in [0, 0.1) is 5.41 Å². The van der Waals surface area contributed by atoms with E-state index in [-0.39, 0.29) is 0 Å². The van der Waals surface area contributed by atoms with E-state index in [1.165, 1.54) is 58.0 Å². The van der Waals surface area contributed by atoms with Crippen LogP contribution in [0.5, 0.6) is 0 Å². The number of nitrogens with zero attached hydrogens (tertiary/aromatic N) is 1. The van der Waals surface area contributed by atoms with Crippen molar-refractivity contribution in [2.75, 3.05) is 39.3 Å². The molecule has 1 heterocycles. The molecule has 2 aliphatic rings. The van der Waals surface area contributed by atoms with Gasteiger partial charge in [0.15, 0.2) is 0 Å². The molecule has 1 saturated heterocycles. The summed E-state index contributed by atoms with van der Waals surface area (Å²) >= 11 is 0. The summed E-state index contributed by atoms with van der Waals surface area (Å²) in [6.45, 7) is 11.4. The third-order valence-corrected chi connectivity index (χ3v) is 5.16. The lowest BCUT2D eigenvalue weighted by Gasteiger charge is -2.41. The van der Waals surface area contributed by atoms with E-state index < -0.39 is 0 Å². The van der Waals surface area contributed by atoms with Gasteiger partial charge in [-0.25, -0.2) is 0 Å². The Morgan fingerprint density at radius 1 is 1.15 bits per heavy atom. The van der Waals surface area contributed by atoms with Crippen LogP contribution in [0.3, 0.4) is 0 Å². The van der Waals surface area contributed by atoms with Crippen LogP contribution in [-0.4, -0.2) is 50.3 Å². The van der Waals surface area contributed by atoms with Gasteiger partial charge < -0.3 is 15.0 Å². The lowest BCUT2D eigenvalue weighted by Crippen LogP contribution is -2.47. The summed E-state index contributed by atoms with van der Waals surface area (Å²) in [5.74, 6) is 0. The number of likely N-dealkylation sites (N-methyl/N-ethyl adjacent to an activating group) is 1. The molecule has 1 aliphatic heterocycles. The molecule has 20 heavy (non-hydrogen) atoms. The van der Waals surface area contributed by atoms with Gasteiger partial charge in [0.25, 0.3) is 0 Å². The van der Waals surface area contributed by atoms with Gasteiger partial charge in [0.1, 0.15) is 0 Å². The van der Waals surface area contributed by atoms with E-state index in [1.54, 1.807) is 0 Å². The number of hydrogen-bond donors (Lipinski definition) is 1. The van der Waals surface area contributed by atoms with Gasteiger partial charge in [-0.05, 0) is 44.2 Å². The lowest BCUT2D eigenvalue weighted by molar-refractivity contribution is 0.0448. The summed E-state index contributed by atoms with van der Waals surface area (Å²) < 4.78 is 5.83. The highest BCUT2D eigenvalue weighted by molar-refractivity contribution is 4.88. The third kappa shape index (κ3) is 4.71. The highest BCUT2D eigenvalue weighted by Gasteiger charge is 2.34. The van der Waals surface area contributed by atoms with Gasteiger partial charge in [-0.3, -0.25) is 0 Å². The van der Waals surface area contributed by atoms with Crippen molar-refractivity contribution in [2.24, 2.45) is 5.41 Å². The molecule has 0 bridgehead atoms. The van der Waals surface area contributed by atoms with Crippen molar-refractivity contribution in [3.05, 3.63) is 0 Å². The summed E-state index contributed by atoms with van der Waals surface area (Å²) in [5.41, 5.74) is 0.517. The highest BCUT2D eigenvalue weighted by Crippen LogP contribution is 2.36. The smallest absolute Gasteiger partial charge is 0.0702 e. The average Bonchev–Trinajstić information content (AvgIpc) is 2.98. The first-order valence-electron chi connectivity index (χ1n) is 8.83. The minimum atomic E-state index is 0.495. The molecule has 0 aromatic rings. The molecule has 0 amide bonds. The van der Waals surface area contributed by atoms with Gasteiger partial charge in [0.2, 0.25) is 0 Å². The minimum Gasteiger partial charge on any atom is -0.377 e. The van der Waals surface area contributed by atoms with Crippen LogP contribution >= 0.6 is 0 Å². The Hall–Kier alpha value is -0.120. The van der Waals surface area contributed by atoms with E-state index in [2.05, 4.69) is 24.1 Å². The van der Waals surface area contributed by atoms with Crippen LogP contribution in [0.1, 0.15) is 58.8 Å². The Morgan fingerprint density at radius 2 is 1.95 bits per heavy atom. The standard InChI is InChI=1S/C17H34N2O/c1-3-18-14-17(10-6-5-7-11-17)15-19(4-2)13-16-9-8-12-20-16/h16,18H,3-15H2,1-2H3. The van der Waals surface area contributed by atoms with E-state index in [9.17, 15) is 0 Å². The Morgan fingerprint density at radius 3 is 2.55 bits per heavy atom. The summed E-state index contributed by atoms with van der Waals surface area (Å²) in [5, 5.41) is 3.62. The molecule has 3 heteroatoms. The van der Waals surface area contributed by atoms with E-state index in [0.29, 0.717) is 11.5 Å². The molecule has 118 valence electrons. The molecule has 1 unspecified atom stereocenters. The van der Waals surface area contributed by atoms with Crippen molar-refractivity contribution in [3.63, 3.8) is 0 Å². The molecule has 2 rings (SSSR count). The largest absolute Gasteiger partial charge is 0.377 e. The molecule has 1 saturated carbocycles. The molecule has 1 N–H and O–H groups in total. The molecule has 0 aromatic heterocycles. The van der Waals surface area contributed by atoms with Crippen LogP contribution in [0.15, 0.2) is 0 Å². The van der Waals surface area contributed by atoms with Crippen molar-refractivity contribution >= 4 is 0 Å². The second-order valence-corrected chi connectivity index (χ2v) is 6.80. The maximum absolute atomic E-state index is 5.83. The Bertz CT molecular complexity index is 258. The van der Waals surface area contributed by atoms with Crippen molar-refractivity contribution in [2.45, 2.75) is 64.9 Å². The van der Waals surface area contributed by atoms with Crippen molar-refractivity contribution in [1.82, 2.24) is 10.2 Å². The van der Waals surface area contributed by atoms with Crippen LogP contribution < -0.4 is 5.32 Å². The molecule has 0 radical (unpaired) electrons. The number of hydrogen-bond acceptors (Lipinski definition) is 3. The topological polar surface area (TPSA) is 24.5 Å². The molecule has 0 aromatic carbocycles. The molecule has 3 nitrogen and oxygen atoms in total. The zero-order valence-electron chi connectivity index (χ0n) is 13.6. The number of rotatable bonds is 8. The molecule has 1 aliphatic carbocycles. The van der Waals surface area contributed by atoms with Crippen LogP contribution in [-0.2, 0) is 4.74 Å². The SMILES string of the molecule is CCNCC1(CN(CC)CC2CCCO2)CCCCC1. The van der Waals surface area contributed by atoms with Crippen molar-refractivity contribution in [3.8, 4) is 0 Å². The third-order valence-electron chi connectivity index (χ3n) is 5.16. The van der Waals surface area contributed by atoms with Crippen molar-refractivity contribution < 1.29 is 4.74 Å². The fourth-order valence-electron chi connectivity index (χ4n) is 3.94. The van der Waals surface area contributed by atoms with Gasteiger partial charge in [-0.2, -0.15) is 0 Å². The van der Waals surface area contributed by atoms with Gasteiger partial charge in [-0.15, -0.1) is 0 Å². The predicted molar refractivity (Wildman–Crippen MR) is 85.1 cm³/mol. The van der Waals surface area contributed by atoms with Crippen molar-refractivity contribution in [1.29, 1.82) is 0 Å². The quantitative estimate of drug-likeness (QED) is 0.740. The van der Waals surface area contributed by atoms with Gasteiger partial charge in [-0.1, -0.05) is 33.1 Å². The second kappa shape index (κ2) is 8.35. The zero-order chi connectivity index (χ0) is 14.3. The zero-order valence-corrected chi connectivity index (χ0v) is 13.6. The van der Waals surface area contributed by atoms with E-state index in [0.717, 1.165) is 26.2 Å². The number of ether oxygens (including phenoxy) is 1. The maximum atomic E-state index is 5.83. The normalized spacial score (nSPS) is 26.2. The predicted octanol–water partition coefficient (Wildman–Crippen LogP) is 3.05. The van der Waals surface area contributed by atoms with Gasteiger partial charge in [0, 0.05) is 26.2 Å². The first-order chi connectivity index (χ1) is 9.78. The fourth-order valence-corrected chi connectivity index (χ4v) is 3.94. The van der Waals surface area contributed by atoms with Crippen LogP contribution in [0.4, 0.5) is 0 Å². The molecule has 2 fully saturated rings. The van der Waals surface area contributed by atoms with Crippen LogP contribution in [0.2, 0.25) is 0 Å². The second-order valence-electron chi connectivity index (χ2n) is 6.80. The molecular weight excluding hydrogens is 248 g/mol. The molecular formula is C17H34N2O. The average molecular weight is 282 g/mol. The van der Waals surface area contributed by atoms with E-state index in [4.69, 9.17) is 4.74 Å². The van der Waals surface area contributed by atoms with E-state index in [1.807, 2.05) is 0 Å². The lowest BCUT2D eigenvalue weighted by atomic mass is 9.73. The fraction of sp³-hybridized carbons (Fsp3) is 1.00. The summed E-state index contributed by atoms with van der Waals surface area (Å²) in [4.78, 5) is 2.65. The maximum Gasteiger partial charge on any atom is 0.0702 e. The molecule has 0 spiro atoms. The Balaban J connectivity index is 1.89. The van der Waals surface area contributed by atoms with E-state index >= 15 is 0 Å². The first kappa shape index (κ1) is 16.3. The monoisotopic (exact) mass is 282 g/mol. The number of nitrogens with one attached hydrogen (secondary N) is 1. The van der Waals surface area contributed by atoms with Gasteiger partial charge in [0.05, 0.1) is 6.10 Å². The Kier molecular flexibility index (Phi) is 6.79. The minimum absolute atomic E-state index is 0.495. The first-order valence-corrected chi connectivity index (χ1v) is 8.83. The van der Waals surface area contributed by atoms with Gasteiger partial charge >= 0.3 is 0 Å². The Labute approximate surface area is 125 Å². The van der Waals surface area contributed by atoms with Crippen LogP contribution in [0.25, 0.3) is 0 Å². The highest BCUT2D eigenvalue weighted by atomic mass is 16.5. The summed E-state index contributed by atoms with van der Waals surface area (Å²) in [6.07, 6.45) is 10.1. The molecule has 1 atom stereocenters. The summed E-state index contributed by atoms with van der Waals surface area (Å²) in [7, 11) is 0. The summed E-state index contributed by atoms with van der Waals surface area (Å²) in [6, 6.07) is 0.